The highest BCUT2D eigenvalue weighted by molar-refractivity contribution is 6.22. The highest BCUT2D eigenvalue weighted by Crippen LogP contribution is 2.32. The average molecular weight is 499 g/mol. The number of amides is 1. The van der Waals surface area contributed by atoms with Crippen LogP contribution >= 0.6 is 0 Å². The van der Waals surface area contributed by atoms with Gasteiger partial charge in [-0.3, -0.25) is 4.79 Å². The lowest BCUT2D eigenvalue weighted by Crippen LogP contribution is -2.31. The number of aromatic hydroxyl groups is 1. The number of rotatable bonds is 9. The van der Waals surface area contributed by atoms with Crippen LogP contribution in [0.1, 0.15) is 34.0 Å². The van der Waals surface area contributed by atoms with Gasteiger partial charge in [0.25, 0.3) is 0 Å². The molecule has 0 fully saturated rings. The number of fused-ring (bicyclic) bond motifs is 1. The van der Waals surface area contributed by atoms with Crippen LogP contribution in [0.25, 0.3) is 10.9 Å². The summed E-state index contributed by atoms with van der Waals surface area (Å²) in [6.45, 7) is 3.60. The van der Waals surface area contributed by atoms with Gasteiger partial charge in [-0.2, -0.15) is 0 Å². The van der Waals surface area contributed by atoms with E-state index in [1.165, 1.54) is 14.0 Å². The van der Waals surface area contributed by atoms with E-state index in [9.17, 15) is 14.7 Å². The minimum atomic E-state index is -0.449. The number of hydrogen-bond donors (Lipinski definition) is 3. The van der Waals surface area contributed by atoms with Crippen molar-refractivity contribution in [3.63, 3.8) is 0 Å². The predicted molar refractivity (Wildman–Crippen MR) is 145 cm³/mol. The van der Waals surface area contributed by atoms with Crippen LogP contribution in [-0.2, 0) is 16.1 Å². The Kier molecular flexibility index (Phi) is 8.00. The first-order valence-electron chi connectivity index (χ1n) is 11.9. The van der Waals surface area contributed by atoms with Crippen LogP contribution in [0.3, 0.4) is 0 Å². The van der Waals surface area contributed by atoms with Crippen LogP contribution in [0.4, 0.5) is 5.69 Å². The van der Waals surface area contributed by atoms with Crippen molar-refractivity contribution < 1.29 is 19.4 Å². The van der Waals surface area contributed by atoms with Crippen molar-refractivity contribution in [3.05, 3.63) is 95.1 Å². The number of aromatic nitrogens is 1. The second-order valence-corrected chi connectivity index (χ2v) is 8.81. The number of esters is 1. The van der Waals surface area contributed by atoms with Crippen molar-refractivity contribution in [2.75, 3.05) is 27.2 Å². The largest absolute Gasteiger partial charge is 0.494 e. The summed E-state index contributed by atoms with van der Waals surface area (Å²) >= 11 is 0. The van der Waals surface area contributed by atoms with Gasteiger partial charge in [-0.05, 0) is 36.9 Å². The molecule has 37 heavy (non-hydrogen) atoms. The van der Waals surface area contributed by atoms with E-state index in [1.54, 1.807) is 18.2 Å². The third kappa shape index (κ3) is 6.23. The van der Waals surface area contributed by atoms with E-state index in [1.807, 2.05) is 61.6 Å². The zero-order chi connectivity index (χ0) is 26.4. The van der Waals surface area contributed by atoms with Gasteiger partial charge in [-0.25, -0.2) is 9.79 Å². The number of carbonyl (C=O) groups excluding carboxylic acids is 2. The van der Waals surface area contributed by atoms with Gasteiger partial charge in [-0.15, -0.1) is 0 Å². The molecular formula is C29H30N4O4. The molecule has 0 saturated carbocycles. The SMILES string of the molecule is COC(=O)c1ccc2c(C(=Nc3ccc(CN(C)CCNC(C)=O)cc3)c3ccccc3)c(O)[nH]c2c1. The van der Waals surface area contributed by atoms with Crippen LogP contribution in [0.2, 0.25) is 0 Å². The van der Waals surface area contributed by atoms with Gasteiger partial charge in [0.15, 0.2) is 5.88 Å². The molecule has 4 rings (SSSR count). The van der Waals surface area contributed by atoms with Crippen LogP contribution < -0.4 is 5.32 Å². The van der Waals surface area contributed by atoms with E-state index >= 15 is 0 Å². The number of likely N-dealkylation sites (N-methyl/N-ethyl adjacent to an activating group) is 1. The van der Waals surface area contributed by atoms with Gasteiger partial charge in [0, 0.05) is 43.0 Å². The molecule has 0 saturated heterocycles. The van der Waals surface area contributed by atoms with Gasteiger partial charge < -0.3 is 25.0 Å². The number of benzene rings is 3. The summed E-state index contributed by atoms with van der Waals surface area (Å²) in [6, 6.07) is 22.7. The molecule has 3 N–H and O–H groups in total. The topological polar surface area (TPSA) is 107 Å². The molecule has 3 aromatic carbocycles. The Morgan fingerprint density at radius 3 is 2.43 bits per heavy atom. The van der Waals surface area contributed by atoms with Gasteiger partial charge >= 0.3 is 5.97 Å². The molecule has 1 aromatic heterocycles. The second kappa shape index (κ2) is 11.5. The highest BCUT2D eigenvalue weighted by Gasteiger charge is 2.20. The van der Waals surface area contributed by atoms with Gasteiger partial charge in [0.05, 0.1) is 29.6 Å². The molecule has 0 aliphatic heterocycles. The van der Waals surface area contributed by atoms with E-state index in [0.717, 1.165) is 35.3 Å². The standard InChI is InChI=1S/C29H30N4O4/c1-19(34)30-15-16-33(2)18-20-9-12-23(13-10-20)31-27(21-7-5-4-6-8-21)26-24-14-11-22(29(36)37-3)17-25(24)32-28(26)35/h4-14,17,32,35H,15-16,18H2,1-3H3,(H,30,34). The van der Waals surface area contributed by atoms with E-state index in [2.05, 4.69) is 15.2 Å². The lowest BCUT2D eigenvalue weighted by Gasteiger charge is -2.16. The number of hydrogen-bond acceptors (Lipinski definition) is 6. The zero-order valence-electron chi connectivity index (χ0n) is 21.1. The molecule has 1 amide bonds. The molecule has 8 nitrogen and oxygen atoms in total. The van der Waals surface area contributed by atoms with Crippen LogP contribution in [0.15, 0.2) is 77.8 Å². The Bertz CT molecular complexity index is 1430. The van der Waals surface area contributed by atoms with Crippen molar-refractivity contribution in [2.24, 2.45) is 4.99 Å². The lowest BCUT2D eigenvalue weighted by molar-refractivity contribution is -0.119. The Morgan fingerprint density at radius 1 is 1.03 bits per heavy atom. The Balaban J connectivity index is 1.66. The number of methoxy groups -OCH3 is 1. The van der Waals surface area contributed by atoms with Crippen LogP contribution in [0, 0.1) is 0 Å². The van der Waals surface area contributed by atoms with E-state index in [-0.39, 0.29) is 11.8 Å². The molecule has 1 heterocycles. The fourth-order valence-electron chi connectivity index (χ4n) is 4.15. The molecule has 4 aromatic rings. The summed E-state index contributed by atoms with van der Waals surface area (Å²) in [4.78, 5) is 33.1. The van der Waals surface area contributed by atoms with Crippen molar-refractivity contribution in [2.45, 2.75) is 13.5 Å². The molecule has 0 aliphatic rings. The minimum Gasteiger partial charge on any atom is -0.494 e. The smallest absolute Gasteiger partial charge is 0.337 e. The molecular weight excluding hydrogens is 468 g/mol. The molecule has 0 bridgehead atoms. The summed E-state index contributed by atoms with van der Waals surface area (Å²) in [7, 11) is 3.34. The first kappa shape index (κ1) is 25.7. The lowest BCUT2D eigenvalue weighted by atomic mass is 10.00. The molecule has 0 radical (unpaired) electrons. The number of nitrogens with one attached hydrogen (secondary N) is 2. The summed E-state index contributed by atoms with van der Waals surface area (Å²) in [5.74, 6) is -0.512. The maximum absolute atomic E-state index is 12.0. The van der Waals surface area contributed by atoms with Crippen molar-refractivity contribution >= 4 is 34.2 Å². The highest BCUT2D eigenvalue weighted by atomic mass is 16.5. The van der Waals surface area contributed by atoms with Crippen LogP contribution in [-0.4, -0.2) is 59.8 Å². The predicted octanol–water partition coefficient (Wildman–Crippen LogP) is 4.40. The number of ether oxygens (including phenoxy) is 1. The average Bonchev–Trinajstić information content (AvgIpc) is 3.22. The molecule has 8 heteroatoms. The summed E-state index contributed by atoms with van der Waals surface area (Å²) in [6.07, 6.45) is 0. The summed E-state index contributed by atoms with van der Waals surface area (Å²) < 4.78 is 4.82. The van der Waals surface area contributed by atoms with Crippen molar-refractivity contribution in [1.29, 1.82) is 0 Å². The Hall–Kier alpha value is -4.43. The number of aliphatic imine (C=N–C) groups is 1. The Morgan fingerprint density at radius 2 is 1.76 bits per heavy atom. The maximum Gasteiger partial charge on any atom is 0.337 e. The van der Waals surface area contributed by atoms with E-state index in [4.69, 9.17) is 9.73 Å². The Labute approximate surface area is 215 Å². The maximum atomic E-state index is 12.0. The van der Waals surface area contributed by atoms with Gasteiger partial charge in [0.1, 0.15) is 0 Å². The van der Waals surface area contributed by atoms with Gasteiger partial charge in [-0.1, -0.05) is 48.5 Å². The quantitative estimate of drug-likeness (QED) is 0.234. The number of aromatic amines is 1. The second-order valence-electron chi connectivity index (χ2n) is 8.81. The normalized spacial score (nSPS) is 11.6. The number of H-pyrrole nitrogens is 1. The molecule has 0 aliphatic carbocycles. The molecule has 0 unspecified atom stereocenters. The first-order chi connectivity index (χ1) is 17.9. The monoisotopic (exact) mass is 498 g/mol. The third-order valence-electron chi connectivity index (χ3n) is 5.98. The van der Waals surface area contributed by atoms with Gasteiger partial charge in [0.2, 0.25) is 5.91 Å². The zero-order valence-corrected chi connectivity index (χ0v) is 21.1. The molecule has 0 spiro atoms. The van der Waals surface area contributed by atoms with E-state index in [0.29, 0.717) is 28.9 Å². The first-order valence-corrected chi connectivity index (χ1v) is 11.9. The number of carbonyl (C=O) groups is 2. The molecule has 190 valence electrons. The number of nitrogens with zero attached hydrogens (tertiary/aromatic N) is 2. The van der Waals surface area contributed by atoms with Crippen molar-refractivity contribution in [1.82, 2.24) is 15.2 Å². The fraction of sp³-hybridized carbons (Fsp3) is 0.207. The summed E-state index contributed by atoms with van der Waals surface area (Å²) in [5.41, 5.74) is 4.86. The van der Waals surface area contributed by atoms with Crippen LogP contribution in [0.5, 0.6) is 5.88 Å². The fourth-order valence-corrected chi connectivity index (χ4v) is 4.15. The van der Waals surface area contributed by atoms with Crippen molar-refractivity contribution in [3.8, 4) is 5.88 Å². The van der Waals surface area contributed by atoms with E-state index < -0.39 is 5.97 Å². The third-order valence-corrected chi connectivity index (χ3v) is 5.98. The summed E-state index contributed by atoms with van der Waals surface area (Å²) in [5, 5.41) is 14.4. The molecule has 0 atom stereocenters. The minimum absolute atomic E-state index is 0.0305.